The summed E-state index contributed by atoms with van der Waals surface area (Å²) in [5.74, 6) is -1.58. The lowest BCUT2D eigenvalue weighted by Crippen LogP contribution is -2.34. The minimum atomic E-state index is -0.700. The molecule has 3 nitrogen and oxygen atoms in total. The fourth-order valence-corrected chi connectivity index (χ4v) is 1.72. The Labute approximate surface area is 101 Å². The molecule has 94 valence electrons. The molecule has 0 aliphatic rings. The summed E-state index contributed by atoms with van der Waals surface area (Å²) >= 11 is 0. The van der Waals surface area contributed by atoms with Crippen LogP contribution in [0.1, 0.15) is 43.5 Å². The lowest BCUT2D eigenvalue weighted by molar-refractivity contribution is 0.0926. The van der Waals surface area contributed by atoms with Gasteiger partial charge in [-0.2, -0.15) is 0 Å². The van der Waals surface area contributed by atoms with Crippen LogP contribution in [0, 0.1) is 5.82 Å². The van der Waals surface area contributed by atoms with Gasteiger partial charge >= 0.3 is 0 Å². The maximum Gasteiger partial charge on any atom is 0.258 e. The van der Waals surface area contributed by atoms with E-state index in [1.807, 2.05) is 13.8 Å². The van der Waals surface area contributed by atoms with Gasteiger partial charge in [-0.15, -0.1) is 0 Å². The normalized spacial score (nSPS) is 12.2. The summed E-state index contributed by atoms with van der Waals surface area (Å²) in [5, 5.41) is 12.2. The number of rotatable bonds is 5. The Hall–Kier alpha value is -1.58. The molecule has 0 fully saturated rings. The number of phenols is 1. The first-order valence-electron chi connectivity index (χ1n) is 5.88. The van der Waals surface area contributed by atoms with Gasteiger partial charge in [0.15, 0.2) is 0 Å². The van der Waals surface area contributed by atoms with E-state index in [-0.39, 0.29) is 17.4 Å². The molecule has 1 unspecified atom stereocenters. The molecule has 0 aromatic heterocycles. The Morgan fingerprint density at radius 1 is 1.47 bits per heavy atom. The fraction of sp³-hybridized carbons (Fsp3) is 0.462. The van der Waals surface area contributed by atoms with E-state index >= 15 is 0 Å². The van der Waals surface area contributed by atoms with Gasteiger partial charge in [0.2, 0.25) is 0 Å². The van der Waals surface area contributed by atoms with Gasteiger partial charge in [0, 0.05) is 6.04 Å². The topological polar surface area (TPSA) is 49.3 Å². The third kappa shape index (κ3) is 3.44. The highest BCUT2D eigenvalue weighted by atomic mass is 19.1. The Bertz CT molecular complexity index is 373. The number of phenolic OH excluding ortho intramolecular Hbond substituents is 1. The molecule has 1 aromatic carbocycles. The molecule has 1 aromatic rings. The van der Waals surface area contributed by atoms with Crippen molar-refractivity contribution in [3.8, 4) is 5.75 Å². The minimum Gasteiger partial charge on any atom is -0.507 e. The number of carbonyl (C=O) groups excluding carboxylic acids is 1. The van der Waals surface area contributed by atoms with Crippen molar-refractivity contribution in [3.05, 3.63) is 29.6 Å². The second-order valence-corrected chi connectivity index (χ2v) is 4.00. The van der Waals surface area contributed by atoms with Crippen molar-refractivity contribution in [1.82, 2.24) is 5.32 Å². The zero-order valence-electron chi connectivity index (χ0n) is 10.2. The van der Waals surface area contributed by atoms with E-state index in [0.29, 0.717) is 0 Å². The summed E-state index contributed by atoms with van der Waals surface area (Å²) in [4.78, 5) is 11.8. The quantitative estimate of drug-likeness (QED) is 0.830. The van der Waals surface area contributed by atoms with E-state index in [4.69, 9.17) is 0 Å². The Kier molecular flexibility index (Phi) is 4.94. The van der Waals surface area contributed by atoms with Crippen molar-refractivity contribution in [2.75, 3.05) is 0 Å². The number of aromatic hydroxyl groups is 1. The Balaban J connectivity index is 2.82. The Morgan fingerprint density at radius 3 is 2.71 bits per heavy atom. The molecule has 0 heterocycles. The van der Waals surface area contributed by atoms with Crippen LogP contribution >= 0.6 is 0 Å². The molecule has 2 N–H and O–H groups in total. The van der Waals surface area contributed by atoms with Crippen LogP contribution in [-0.2, 0) is 0 Å². The lowest BCUT2D eigenvalue weighted by Gasteiger charge is -2.16. The summed E-state index contributed by atoms with van der Waals surface area (Å²) in [6, 6.07) is 3.85. The maximum absolute atomic E-state index is 13.4. The number of nitrogens with one attached hydrogen (secondary N) is 1. The van der Waals surface area contributed by atoms with E-state index in [1.54, 1.807) is 0 Å². The Morgan fingerprint density at radius 2 is 2.18 bits per heavy atom. The van der Waals surface area contributed by atoms with Crippen LogP contribution in [0.4, 0.5) is 4.39 Å². The highest BCUT2D eigenvalue weighted by molar-refractivity contribution is 5.97. The van der Waals surface area contributed by atoms with Gasteiger partial charge in [-0.3, -0.25) is 4.79 Å². The molecule has 4 heteroatoms. The third-order valence-electron chi connectivity index (χ3n) is 2.68. The molecule has 0 saturated heterocycles. The van der Waals surface area contributed by atoms with Crippen molar-refractivity contribution >= 4 is 5.91 Å². The first-order valence-corrected chi connectivity index (χ1v) is 5.88. The molecule has 0 saturated carbocycles. The van der Waals surface area contributed by atoms with Gasteiger partial charge in [0.25, 0.3) is 5.91 Å². The lowest BCUT2D eigenvalue weighted by atomic mass is 10.1. The van der Waals surface area contributed by atoms with Crippen molar-refractivity contribution < 1.29 is 14.3 Å². The number of carbonyl (C=O) groups is 1. The van der Waals surface area contributed by atoms with E-state index in [9.17, 15) is 14.3 Å². The van der Waals surface area contributed by atoms with E-state index in [2.05, 4.69) is 5.32 Å². The first-order chi connectivity index (χ1) is 8.10. The standard InChI is InChI=1S/C13H18FNO2/c1-3-6-9(4-2)15-13(17)12-10(14)7-5-8-11(12)16/h5,7-9,16H,3-4,6H2,1-2H3,(H,15,17). The molecular weight excluding hydrogens is 221 g/mol. The summed E-state index contributed by atoms with van der Waals surface area (Å²) < 4.78 is 13.4. The molecule has 17 heavy (non-hydrogen) atoms. The smallest absolute Gasteiger partial charge is 0.258 e. The molecule has 1 amide bonds. The number of hydrogen-bond acceptors (Lipinski definition) is 2. The average Bonchev–Trinajstić information content (AvgIpc) is 2.28. The van der Waals surface area contributed by atoms with Gasteiger partial charge in [0.05, 0.1) is 0 Å². The first kappa shape index (κ1) is 13.5. The van der Waals surface area contributed by atoms with Gasteiger partial charge in [-0.25, -0.2) is 4.39 Å². The molecular formula is C13H18FNO2. The van der Waals surface area contributed by atoms with Crippen LogP contribution in [0.3, 0.4) is 0 Å². The minimum absolute atomic E-state index is 0.0199. The molecule has 1 rings (SSSR count). The van der Waals surface area contributed by atoms with Gasteiger partial charge < -0.3 is 10.4 Å². The second kappa shape index (κ2) is 6.23. The maximum atomic E-state index is 13.4. The largest absolute Gasteiger partial charge is 0.507 e. The molecule has 0 radical (unpaired) electrons. The van der Waals surface area contributed by atoms with Crippen LogP contribution in [0.5, 0.6) is 5.75 Å². The van der Waals surface area contributed by atoms with Crippen LogP contribution in [0.2, 0.25) is 0 Å². The molecule has 0 bridgehead atoms. The monoisotopic (exact) mass is 239 g/mol. The summed E-state index contributed by atoms with van der Waals surface area (Å²) in [6.45, 7) is 3.98. The molecule has 0 aliphatic carbocycles. The van der Waals surface area contributed by atoms with Crippen LogP contribution in [0.15, 0.2) is 18.2 Å². The number of hydrogen-bond donors (Lipinski definition) is 2. The van der Waals surface area contributed by atoms with Crippen molar-refractivity contribution in [3.63, 3.8) is 0 Å². The summed E-state index contributed by atoms with van der Waals surface area (Å²) in [5.41, 5.74) is -0.276. The number of amides is 1. The SMILES string of the molecule is CCCC(CC)NC(=O)c1c(O)cccc1F. The molecule has 1 atom stereocenters. The molecule has 0 spiro atoms. The molecule has 0 aliphatic heterocycles. The summed E-state index contributed by atoms with van der Waals surface area (Å²) in [6.07, 6.45) is 2.58. The highest BCUT2D eigenvalue weighted by Crippen LogP contribution is 2.20. The van der Waals surface area contributed by atoms with Gasteiger partial charge in [0.1, 0.15) is 17.1 Å². The van der Waals surface area contributed by atoms with Crippen LogP contribution in [0.25, 0.3) is 0 Å². The van der Waals surface area contributed by atoms with Gasteiger partial charge in [-0.05, 0) is 25.0 Å². The van der Waals surface area contributed by atoms with Crippen molar-refractivity contribution in [2.45, 2.75) is 39.2 Å². The average molecular weight is 239 g/mol. The summed E-state index contributed by atoms with van der Waals surface area (Å²) in [7, 11) is 0. The fourth-order valence-electron chi connectivity index (χ4n) is 1.72. The van der Waals surface area contributed by atoms with Crippen molar-refractivity contribution in [1.29, 1.82) is 0 Å². The van der Waals surface area contributed by atoms with E-state index in [0.717, 1.165) is 25.3 Å². The predicted octanol–water partition coefficient (Wildman–Crippen LogP) is 2.84. The zero-order valence-corrected chi connectivity index (χ0v) is 10.2. The number of benzene rings is 1. The van der Waals surface area contributed by atoms with Gasteiger partial charge in [-0.1, -0.05) is 26.3 Å². The predicted molar refractivity (Wildman–Crippen MR) is 64.5 cm³/mol. The highest BCUT2D eigenvalue weighted by Gasteiger charge is 2.18. The number of halogens is 1. The van der Waals surface area contributed by atoms with Crippen molar-refractivity contribution in [2.24, 2.45) is 0 Å². The zero-order chi connectivity index (χ0) is 12.8. The van der Waals surface area contributed by atoms with E-state index < -0.39 is 11.7 Å². The van der Waals surface area contributed by atoms with E-state index in [1.165, 1.54) is 12.1 Å². The van der Waals surface area contributed by atoms with Crippen LogP contribution in [-0.4, -0.2) is 17.1 Å². The second-order valence-electron chi connectivity index (χ2n) is 4.00. The van der Waals surface area contributed by atoms with Crippen LogP contribution < -0.4 is 5.32 Å². The third-order valence-corrected chi connectivity index (χ3v) is 2.68.